The third-order valence-corrected chi connectivity index (χ3v) is 4.72. The second kappa shape index (κ2) is 6.68. The molecule has 1 aromatic carbocycles. The van der Waals surface area contributed by atoms with Crippen LogP contribution in [0.5, 0.6) is 0 Å². The van der Waals surface area contributed by atoms with Crippen LogP contribution < -0.4 is 4.90 Å². The van der Waals surface area contributed by atoms with Crippen molar-refractivity contribution in [1.29, 1.82) is 0 Å². The Labute approximate surface area is 139 Å². The summed E-state index contributed by atoms with van der Waals surface area (Å²) in [6.07, 6.45) is 1.21. The van der Waals surface area contributed by atoms with E-state index in [0.29, 0.717) is 25.9 Å². The van der Waals surface area contributed by atoms with Gasteiger partial charge < -0.3 is 4.74 Å². The molecule has 0 bridgehead atoms. The van der Waals surface area contributed by atoms with Crippen molar-refractivity contribution in [3.63, 3.8) is 0 Å². The number of rotatable bonds is 3. The summed E-state index contributed by atoms with van der Waals surface area (Å²) >= 11 is 0. The van der Waals surface area contributed by atoms with E-state index in [1.54, 1.807) is 6.07 Å². The first kappa shape index (κ1) is 16.6. The number of carbonyl (C=O) groups is 3. The SMILES string of the molecule is COC(=O)C1CCN([C@H]2CC(=O)N(c3ccccc3F)C2=O)CC1. The molecule has 3 rings (SSSR count). The van der Waals surface area contributed by atoms with Gasteiger partial charge >= 0.3 is 5.97 Å². The van der Waals surface area contributed by atoms with Gasteiger partial charge in [0, 0.05) is 0 Å². The zero-order valence-corrected chi connectivity index (χ0v) is 13.4. The Balaban J connectivity index is 1.71. The molecular weight excluding hydrogens is 315 g/mol. The number of halogens is 1. The summed E-state index contributed by atoms with van der Waals surface area (Å²) in [5.74, 6) is -1.80. The number of esters is 1. The predicted octanol–water partition coefficient (Wildman–Crippen LogP) is 1.34. The Hall–Kier alpha value is -2.28. The summed E-state index contributed by atoms with van der Waals surface area (Å²) in [7, 11) is 1.36. The minimum absolute atomic E-state index is 0.000512. The lowest BCUT2D eigenvalue weighted by Gasteiger charge is -2.33. The molecule has 1 atom stereocenters. The maximum atomic E-state index is 13.9. The number of ether oxygens (including phenoxy) is 1. The fourth-order valence-electron chi connectivity index (χ4n) is 3.40. The summed E-state index contributed by atoms with van der Waals surface area (Å²) in [5, 5.41) is 0. The van der Waals surface area contributed by atoms with E-state index in [2.05, 4.69) is 0 Å². The number of carbonyl (C=O) groups excluding carboxylic acids is 3. The molecule has 7 heteroatoms. The van der Waals surface area contributed by atoms with Crippen LogP contribution in [0.4, 0.5) is 10.1 Å². The molecule has 6 nitrogen and oxygen atoms in total. The van der Waals surface area contributed by atoms with Crippen molar-refractivity contribution >= 4 is 23.5 Å². The first-order chi connectivity index (χ1) is 11.5. The van der Waals surface area contributed by atoms with Crippen LogP contribution in [0.2, 0.25) is 0 Å². The summed E-state index contributed by atoms with van der Waals surface area (Å²) in [5.41, 5.74) is -0.000512. The van der Waals surface area contributed by atoms with Crippen LogP contribution in [0.25, 0.3) is 0 Å². The molecule has 2 heterocycles. The van der Waals surface area contributed by atoms with Crippen molar-refractivity contribution in [2.24, 2.45) is 5.92 Å². The molecule has 2 aliphatic rings. The lowest BCUT2D eigenvalue weighted by Crippen LogP contribution is -2.47. The molecule has 24 heavy (non-hydrogen) atoms. The predicted molar refractivity (Wildman–Crippen MR) is 83.6 cm³/mol. The topological polar surface area (TPSA) is 66.9 Å². The molecule has 0 aliphatic carbocycles. The van der Waals surface area contributed by atoms with Crippen LogP contribution in [0, 0.1) is 11.7 Å². The normalized spacial score (nSPS) is 22.9. The van der Waals surface area contributed by atoms with E-state index in [4.69, 9.17) is 4.74 Å². The first-order valence-corrected chi connectivity index (χ1v) is 7.96. The highest BCUT2D eigenvalue weighted by Crippen LogP contribution is 2.30. The number of imide groups is 1. The minimum atomic E-state index is -0.593. The molecular formula is C17H19FN2O4. The van der Waals surface area contributed by atoms with Gasteiger partial charge in [-0.2, -0.15) is 0 Å². The molecule has 0 aromatic heterocycles. The average Bonchev–Trinajstić information content (AvgIpc) is 2.89. The van der Waals surface area contributed by atoms with Gasteiger partial charge in [0.25, 0.3) is 5.91 Å². The van der Waals surface area contributed by atoms with Gasteiger partial charge in [-0.05, 0) is 38.1 Å². The third kappa shape index (κ3) is 2.91. The van der Waals surface area contributed by atoms with E-state index in [1.165, 1.54) is 25.3 Å². The highest BCUT2D eigenvalue weighted by atomic mass is 19.1. The van der Waals surface area contributed by atoms with Crippen LogP contribution in [-0.4, -0.2) is 48.9 Å². The van der Waals surface area contributed by atoms with Crippen LogP contribution >= 0.6 is 0 Å². The summed E-state index contributed by atoms with van der Waals surface area (Å²) in [4.78, 5) is 39.3. The van der Waals surface area contributed by atoms with Gasteiger partial charge in [0.1, 0.15) is 5.82 Å². The van der Waals surface area contributed by atoms with E-state index in [-0.39, 0.29) is 24.0 Å². The Morgan fingerprint density at radius 3 is 2.50 bits per heavy atom. The third-order valence-electron chi connectivity index (χ3n) is 4.72. The van der Waals surface area contributed by atoms with E-state index in [0.717, 1.165) is 4.90 Å². The van der Waals surface area contributed by atoms with Crippen LogP contribution in [0.15, 0.2) is 24.3 Å². The molecule has 0 spiro atoms. The standard InChI is InChI=1S/C17H19FN2O4/c1-24-17(23)11-6-8-19(9-7-11)14-10-15(21)20(16(14)22)13-5-3-2-4-12(13)18/h2-5,11,14H,6-10H2,1H3/t14-/m0/s1. The number of hydrogen-bond donors (Lipinski definition) is 0. The Morgan fingerprint density at radius 1 is 1.21 bits per heavy atom. The maximum absolute atomic E-state index is 13.9. The highest BCUT2D eigenvalue weighted by molar-refractivity contribution is 6.22. The highest BCUT2D eigenvalue weighted by Gasteiger charge is 2.44. The van der Waals surface area contributed by atoms with Crippen molar-refractivity contribution in [2.45, 2.75) is 25.3 Å². The average molecular weight is 334 g/mol. The zero-order chi connectivity index (χ0) is 17.3. The van der Waals surface area contributed by atoms with E-state index >= 15 is 0 Å². The molecule has 2 amide bonds. The molecule has 128 valence electrons. The monoisotopic (exact) mass is 334 g/mol. The number of anilines is 1. The molecule has 0 saturated carbocycles. The van der Waals surface area contributed by atoms with Gasteiger partial charge in [-0.15, -0.1) is 0 Å². The Morgan fingerprint density at radius 2 is 1.88 bits per heavy atom. The molecule has 2 saturated heterocycles. The number of methoxy groups -OCH3 is 1. The summed E-state index contributed by atoms with van der Waals surface area (Å²) in [6, 6.07) is 5.17. The van der Waals surface area contributed by atoms with Crippen molar-refractivity contribution in [2.75, 3.05) is 25.1 Å². The molecule has 0 N–H and O–H groups in total. The largest absolute Gasteiger partial charge is 0.469 e. The number of likely N-dealkylation sites (tertiary alicyclic amines) is 1. The van der Waals surface area contributed by atoms with Crippen molar-refractivity contribution in [3.8, 4) is 0 Å². The fourth-order valence-corrected chi connectivity index (χ4v) is 3.40. The van der Waals surface area contributed by atoms with Gasteiger partial charge in [0.2, 0.25) is 5.91 Å². The molecule has 2 aliphatic heterocycles. The fraction of sp³-hybridized carbons (Fsp3) is 0.471. The second-order valence-electron chi connectivity index (χ2n) is 6.07. The second-order valence-corrected chi connectivity index (χ2v) is 6.07. The van der Waals surface area contributed by atoms with E-state index in [9.17, 15) is 18.8 Å². The maximum Gasteiger partial charge on any atom is 0.308 e. The van der Waals surface area contributed by atoms with Crippen LogP contribution in [-0.2, 0) is 19.1 Å². The Bertz CT molecular complexity index is 670. The van der Waals surface area contributed by atoms with Crippen LogP contribution in [0.1, 0.15) is 19.3 Å². The number of hydrogen-bond acceptors (Lipinski definition) is 5. The minimum Gasteiger partial charge on any atom is -0.469 e. The number of benzene rings is 1. The lowest BCUT2D eigenvalue weighted by atomic mass is 9.95. The van der Waals surface area contributed by atoms with Gasteiger partial charge in [0.15, 0.2) is 0 Å². The van der Waals surface area contributed by atoms with E-state index < -0.39 is 23.7 Å². The molecule has 0 unspecified atom stereocenters. The smallest absolute Gasteiger partial charge is 0.308 e. The van der Waals surface area contributed by atoms with Gasteiger partial charge in [-0.3, -0.25) is 19.3 Å². The van der Waals surface area contributed by atoms with Crippen LogP contribution in [0.3, 0.4) is 0 Å². The number of para-hydroxylation sites is 1. The number of nitrogens with zero attached hydrogens (tertiary/aromatic N) is 2. The summed E-state index contributed by atoms with van der Waals surface area (Å²) in [6.45, 7) is 1.07. The zero-order valence-electron chi connectivity index (χ0n) is 13.4. The van der Waals surface area contributed by atoms with Gasteiger partial charge in [-0.25, -0.2) is 9.29 Å². The Kier molecular flexibility index (Phi) is 4.62. The number of amides is 2. The van der Waals surface area contributed by atoms with Gasteiger partial charge in [0.05, 0.1) is 31.2 Å². The lowest BCUT2D eigenvalue weighted by molar-refractivity contribution is -0.147. The van der Waals surface area contributed by atoms with Gasteiger partial charge in [-0.1, -0.05) is 12.1 Å². The van der Waals surface area contributed by atoms with Crippen molar-refractivity contribution < 1.29 is 23.5 Å². The quantitative estimate of drug-likeness (QED) is 0.616. The van der Waals surface area contributed by atoms with Crippen molar-refractivity contribution in [1.82, 2.24) is 4.90 Å². The van der Waals surface area contributed by atoms with Crippen molar-refractivity contribution in [3.05, 3.63) is 30.1 Å². The van der Waals surface area contributed by atoms with E-state index in [1.807, 2.05) is 4.90 Å². The summed E-state index contributed by atoms with van der Waals surface area (Å²) < 4.78 is 18.7. The molecule has 1 aromatic rings. The first-order valence-electron chi connectivity index (χ1n) is 7.96. The number of piperidine rings is 1. The molecule has 0 radical (unpaired) electrons. The molecule has 2 fully saturated rings.